The maximum atomic E-state index is 11.6. The molecule has 7 nitrogen and oxygen atoms in total. The summed E-state index contributed by atoms with van der Waals surface area (Å²) in [6.45, 7) is 3.02. The van der Waals surface area contributed by atoms with Crippen molar-refractivity contribution in [3.8, 4) is 0 Å². The highest BCUT2D eigenvalue weighted by Gasteiger charge is 2.25. The number of carbonyl (C=O) groups is 2. The lowest BCUT2D eigenvalue weighted by Crippen LogP contribution is -2.51. The largest absolute Gasteiger partial charge is 0.480 e. The monoisotopic (exact) mass is 267 g/mol. The molecule has 0 aliphatic carbocycles. The Kier molecular flexibility index (Phi) is 5.25. The minimum absolute atomic E-state index is 0.371. The first-order chi connectivity index (χ1) is 8.91. The smallest absolute Gasteiger partial charge is 0.328 e. The van der Waals surface area contributed by atoms with E-state index in [2.05, 4.69) is 15.6 Å². The summed E-state index contributed by atoms with van der Waals surface area (Å²) in [6.07, 6.45) is 0.412. The van der Waals surface area contributed by atoms with Gasteiger partial charge in [-0.2, -0.15) is 0 Å². The second-order valence-electron chi connectivity index (χ2n) is 4.15. The Morgan fingerprint density at radius 1 is 1.26 bits per heavy atom. The standard InChI is InChI=1S/C12H17N3O4/c1-7(9-5-3-4-6-13-9)14-12(19)15-10(8(2)16)11(17)18/h3-8,10,16H,1-2H3,(H,17,18)(H2,14,15,19). The van der Waals surface area contributed by atoms with Crippen molar-refractivity contribution in [3.63, 3.8) is 0 Å². The summed E-state index contributed by atoms with van der Waals surface area (Å²) in [5.41, 5.74) is 0.654. The van der Waals surface area contributed by atoms with Gasteiger partial charge in [-0.05, 0) is 26.0 Å². The lowest BCUT2D eigenvalue weighted by molar-refractivity contribution is -0.141. The molecular weight excluding hydrogens is 250 g/mol. The molecule has 104 valence electrons. The van der Waals surface area contributed by atoms with E-state index in [0.717, 1.165) is 0 Å². The van der Waals surface area contributed by atoms with Gasteiger partial charge in [0.2, 0.25) is 0 Å². The van der Waals surface area contributed by atoms with E-state index in [1.54, 1.807) is 31.3 Å². The van der Waals surface area contributed by atoms with Crippen molar-refractivity contribution in [1.29, 1.82) is 0 Å². The molecule has 1 rings (SSSR count). The summed E-state index contributed by atoms with van der Waals surface area (Å²) >= 11 is 0. The van der Waals surface area contributed by atoms with E-state index in [0.29, 0.717) is 5.69 Å². The molecule has 0 aliphatic rings. The Balaban J connectivity index is 2.58. The Labute approximate surface area is 110 Å². The highest BCUT2D eigenvalue weighted by Crippen LogP contribution is 2.07. The zero-order chi connectivity index (χ0) is 14.4. The number of hydrogen-bond donors (Lipinski definition) is 4. The highest BCUT2D eigenvalue weighted by atomic mass is 16.4. The molecule has 7 heteroatoms. The average Bonchev–Trinajstić information content (AvgIpc) is 2.36. The zero-order valence-electron chi connectivity index (χ0n) is 10.7. The van der Waals surface area contributed by atoms with Crippen molar-refractivity contribution < 1.29 is 19.8 Å². The summed E-state index contributed by atoms with van der Waals surface area (Å²) in [6, 6.07) is 2.89. The third-order valence-electron chi connectivity index (χ3n) is 2.51. The maximum Gasteiger partial charge on any atom is 0.328 e. The van der Waals surface area contributed by atoms with Gasteiger partial charge in [-0.3, -0.25) is 4.98 Å². The van der Waals surface area contributed by atoms with Crippen molar-refractivity contribution in [3.05, 3.63) is 30.1 Å². The van der Waals surface area contributed by atoms with Gasteiger partial charge in [-0.25, -0.2) is 9.59 Å². The van der Waals surface area contributed by atoms with Crippen molar-refractivity contribution >= 4 is 12.0 Å². The molecule has 0 aromatic carbocycles. The number of aliphatic hydroxyl groups is 1. The lowest BCUT2D eigenvalue weighted by atomic mass is 10.2. The van der Waals surface area contributed by atoms with Crippen LogP contribution in [0.1, 0.15) is 25.6 Å². The molecule has 0 radical (unpaired) electrons. The summed E-state index contributed by atoms with van der Waals surface area (Å²) in [7, 11) is 0. The second-order valence-corrected chi connectivity index (χ2v) is 4.15. The number of carboxylic acids is 1. The average molecular weight is 267 g/mol. The third kappa shape index (κ3) is 4.55. The lowest BCUT2D eigenvalue weighted by Gasteiger charge is -2.19. The van der Waals surface area contributed by atoms with Crippen LogP contribution in [0.5, 0.6) is 0 Å². The van der Waals surface area contributed by atoms with Gasteiger partial charge in [0, 0.05) is 6.20 Å². The van der Waals surface area contributed by atoms with E-state index >= 15 is 0 Å². The van der Waals surface area contributed by atoms with E-state index in [-0.39, 0.29) is 6.04 Å². The Morgan fingerprint density at radius 2 is 1.95 bits per heavy atom. The Hall–Kier alpha value is -2.15. The van der Waals surface area contributed by atoms with Crippen LogP contribution in [-0.2, 0) is 4.79 Å². The second kappa shape index (κ2) is 6.69. The molecule has 0 bridgehead atoms. The van der Waals surface area contributed by atoms with Crippen LogP contribution >= 0.6 is 0 Å². The van der Waals surface area contributed by atoms with Crippen LogP contribution < -0.4 is 10.6 Å². The SMILES string of the molecule is CC(NC(=O)NC(C(=O)O)C(C)O)c1ccccn1. The minimum atomic E-state index is -1.35. The van der Waals surface area contributed by atoms with E-state index < -0.39 is 24.1 Å². The Morgan fingerprint density at radius 3 is 2.42 bits per heavy atom. The number of carboxylic acid groups (broad SMARTS) is 1. The molecule has 3 unspecified atom stereocenters. The number of urea groups is 1. The highest BCUT2D eigenvalue weighted by molar-refractivity contribution is 5.83. The normalized spacial score (nSPS) is 15.1. The number of aliphatic carboxylic acids is 1. The predicted molar refractivity (Wildman–Crippen MR) is 67.4 cm³/mol. The summed E-state index contributed by atoms with van der Waals surface area (Å²) in [5, 5.41) is 22.8. The zero-order valence-corrected chi connectivity index (χ0v) is 10.7. The molecule has 0 aliphatic heterocycles. The Bertz CT molecular complexity index is 436. The van der Waals surface area contributed by atoms with Gasteiger partial charge in [0.05, 0.1) is 17.8 Å². The first kappa shape index (κ1) is 14.9. The number of rotatable bonds is 5. The number of amides is 2. The minimum Gasteiger partial charge on any atom is -0.480 e. The van der Waals surface area contributed by atoms with Crippen molar-refractivity contribution in [2.75, 3.05) is 0 Å². The molecule has 3 atom stereocenters. The predicted octanol–water partition coefficient (Wildman–Crippen LogP) is 0.276. The van der Waals surface area contributed by atoms with Crippen molar-refractivity contribution in [2.24, 2.45) is 0 Å². The van der Waals surface area contributed by atoms with Crippen LogP contribution in [0.25, 0.3) is 0 Å². The number of pyridine rings is 1. The van der Waals surface area contributed by atoms with Crippen LogP contribution in [-0.4, -0.2) is 39.3 Å². The van der Waals surface area contributed by atoms with E-state index in [1.807, 2.05) is 0 Å². The van der Waals surface area contributed by atoms with Gasteiger partial charge in [0.15, 0.2) is 6.04 Å². The van der Waals surface area contributed by atoms with Crippen LogP contribution in [0.15, 0.2) is 24.4 Å². The van der Waals surface area contributed by atoms with E-state index in [1.165, 1.54) is 6.92 Å². The molecule has 1 aromatic heterocycles. The van der Waals surface area contributed by atoms with E-state index in [9.17, 15) is 14.7 Å². The molecule has 19 heavy (non-hydrogen) atoms. The number of aromatic nitrogens is 1. The van der Waals surface area contributed by atoms with Crippen LogP contribution in [0.3, 0.4) is 0 Å². The van der Waals surface area contributed by atoms with Crippen molar-refractivity contribution in [2.45, 2.75) is 32.0 Å². The molecule has 0 saturated heterocycles. The first-order valence-electron chi connectivity index (χ1n) is 5.80. The quantitative estimate of drug-likeness (QED) is 0.612. The molecule has 4 N–H and O–H groups in total. The molecule has 0 fully saturated rings. The summed E-state index contributed by atoms with van der Waals surface area (Å²) in [5.74, 6) is -1.30. The fourth-order valence-electron chi connectivity index (χ4n) is 1.47. The molecule has 0 spiro atoms. The van der Waals surface area contributed by atoms with Crippen molar-refractivity contribution in [1.82, 2.24) is 15.6 Å². The molecule has 0 saturated carbocycles. The van der Waals surface area contributed by atoms with Gasteiger partial charge >= 0.3 is 12.0 Å². The topological polar surface area (TPSA) is 112 Å². The molecule has 2 amide bonds. The van der Waals surface area contributed by atoms with Crippen LogP contribution in [0.2, 0.25) is 0 Å². The number of hydrogen-bond acceptors (Lipinski definition) is 4. The fourth-order valence-corrected chi connectivity index (χ4v) is 1.47. The number of aliphatic hydroxyl groups excluding tert-OH is 1. The number of nitrogens with one attached hydrogen (secondary N) is 2. The molecule has 1 aromatic rings. The van der Waals surface area contributed by atoms with Gasteiger partial charge in [-0.1, -0.05) is 6.07 Å². The number of carbonyl (C=O) groups excluding carboxylic acids is 1. The summed E-state index contributed by atoms with van der Waals surface area (Å²) in [4.78, 5) is 26.5. The van der Waals surface area contributed by atoms with Gasteiger partial charge in [0.1, 0.15) is 0 Å². The fraction of sp³-hybridized carbons (Fsp3) is 0.417. The van der Waals surface area contributed by atoms with Gasteiger partial charge in [-0.15, -0.1) is 0 Å². The summed E-state index contributed by atoms with van der Waals surface area (Å²) < 4.78 is 0. The number of nitrogens with zero attached hydrogens (tertiary/aromatic N) is 1. The molecular formula is C12H17N3O4. The van der Waals surface area contributed by atoms with Crippen LogP contribution in [0.4, 0.5) is 4.79 Å². The third-order valence-corrected chi connectivity index (χ3v) is 2.51. The van der Waals surface area contributed by atoms with E-state index in [4.69, 9.17) is 5.11 Å². The van der Waals surface area contributed by atoms with Gasteiger partial charge in [0.25, 0.3) is 0 Å². The molecule has 1 heterocycles. The maximum absolute atomic E-state index is 11.6. The first-order valence-corrected chi connectivity index (χ1v) is 5.80. The van der Waals surface area contributed by atoms with Gasteiger partial charge < -0.3 is 20.8 Å². The van der Waals surface area contributed by atoms with Crippen LogP contribution in [0, 0.1) is 0 Å².